The number of methoxy groups -OCH3 is 1. The topological polar surface area (TPSA) is 72.5 Å². The van der Waals surface area contributed by atoms with Gasteiger partial charge in [-0.05, 0) is 29.8 Å². The lowest BCUT2D eigenvalue weighted by Crippen LogP contribution is -2.17. The maximum absolute atomic E-state index is 12.7. The predicted octanol–water partition coefficient (Wildman–Crippen LogP) is 3.08. The van der Waals surface area contributed by atoms with E-state index in [0.29, 0.717) is 6.61 Å². The third-order valence-electron chi connectivity index (χ3n) is 3.20. The maximum atomic E-state index is 12.7. The van der Waals surface area contributed by atoms with Crippen molar-refractivity contribution >= 4 is 21.4 Å². The number of ether oxygens (including phenoxy) is 1. The first kappa shape index (κ1) is 18.0. The quantitative estimate of drug-likeness (QED) is 0.864. The van der Waals surface area contributed by atoms with E-state index >= 15 is 0 Å². The highest BCUT2D eigenvalue weighted by molar-refractivity contribution is 7.91. The number of sulfone groups is 1. The number of amides is 1. The maximum Gasteiger partial charge on any atom is 0.341 e. The summed E-state index contributed by atoms with van der Waals surface area (Å²) in [5.74, 6) is -4.17. The second-order valence-corrected chi connectivity index (χ2v) is 6.77. The van der Waals surface area contributed by atoms with Gasteiger partial charge in [-0.1, -0.05) is 24.3 Å². The molecule has 0 fully saturated rings. The van der Waals surface area contributed by atoms with Crippen molar-refractivity contribution in [3.05, 3.63) is 59.7 Å². The molecule has 0 unspecified atom stereocenters. The summed E-state index contributed by atoms with van der Waals surface area (Å²) in [6.45, 7) is 0.386. The summed E-state index contributed by atoms with van der Waals surface area (Å²) < 4.78 is 53.8. The van der Waals surface area contributed by atoms with Crippen LogP contribution in [0.2, 0.25) is 0 Å². The number of rotatable bonds is 6. The first-order valence-corrected chi connectivity index (χ1v) is 8.41. The van der Waals surface area contributed by atoms with Gasteiger partial charge in [-0.25, -0.2) is 8.42 Å². The molecule has 0 radical (unpaired) electrons. The summed E-state index contributed by atoms with van der Waals surface area (Å²) in [5, 5.41) is 2.36. The highest BCUT2D eigenvalue weighted by Crippen LogP contribution is 2.26. The molecule has 0 aromatic heterocycles. The number of nitrogens with one attached hydrogen (secondary N) is 1. The second-order valence-electron chi connectivity index (χ2n) is 4.89. The van der Waals surface area contributed by atoms with Gasteiger partial charge in [-0.15, -0.1) is 0 Å². The smallest absolute Gasteiger partial charge is 0.341 e. The van der Waals surface area contributed by atoms with Crippen molar-refractivity contribution in [1.29, 1.82) is 0 Å². The van der Waals surface area contributed by atoms with Crippen LogP contribution in [0.1, 0.15) is 15.9 Å². The third-order valence-corrected chi connectivity index (χ3v) is 4.64. The summed E-state index contributed by atoms with van der Waals surface area (Å²) in [6, 6.07) is 11.5. The zero-order valence-electron chi connectivity index (χ0n) is 12.7. The van der Waals surface area contributed by atoms with E-state index in [1.807, 2.05) is 0 Å². The van der Waals surface area contributed by atoms with E-state index in [1.54, 1.807) is 19.2 Å². The SMILES string of the molecule is COCc1ccc(C(=O)Nc2ccccc2S(=O)(=O)C(F)F)cc1. The molecule has 1 N–H and O–H groups in total. The molecule has 2 aromatic carbocycles. The van der Waals surface area contributed by atoms with Crippen LogP contribution in [-0.4, -0.2) is 27.2 Å². The highest BCUT2D eigenvalue weighted by Gasteiger charge is 2.29. The van der Waals surface area contributed by atoms with E-state index in [9.17, 15) is 22.0 Å². The lowest BCUT2D eigenvalue weighted by atomic mass is 10.1. The number of benzene rings is 2. The number of para-hydroxylation sites is 1. The number of alkyl halides is 2. The van der Waals surface area contributed by atoms with Gasteiger partial charge < -0.3 is 10.1 Å². The van der Waals surface area contributed by atoms with E-state index in [2.05, 4.69) is 5.32 Å². The van der Waals surface area contributed by atoms with Crippen LogP contribution in [0.25, 0.3) is 0 Å². The predicted molar refractivity (Wildman–Crippen MR) is 84.7 cm³/mol. The fourth-order valence-corrected chi connectivity index (χ4v) is 2.91. The number of carbonyl (C=O) groups excluding carboxylic acids is 1. The van der Waals surface area contributed by atoms with Crippen LogP contribution >= 0.6 is 0 Å². The van der Waals surface area contributed by atoms with Gasteiger partial charge in [-0.3, -0.25) is 4.79 Å². The summed E-state index contributed by atoms with van der Waals surface area (Å²) in [7, 11) is -3.27. The Kier molecular flexibility index (Phi) is 5.63. The molecule has 0 saturated carbocycles. The van der Waals surface area contributed by atoms with Gasteiger partial charge in [0.05, 0.1) is 17.2 Å². The molecule has 0 spiro atoms. The number of anilines is 1. The molecule has 8 heteroatoms. The average molecular weight is 355 g/mol. The van der Waals surface area contributed by atoms with Gasteiger partial charge in [0.15, 0.2) is 0 Å². The van der Waals surface area contributed by atoms with Gasteiger partial charge >= 0.3 is 5.76 Å². The number of hydrogen-bond donors (Lipinski definition) is 1. The van der Waals surface area contributed by atoms with Crippen LogP contribution < -0.4 is 5.32 Å². The molecule has 0 heterocycles. The largest absolute Gasteiger partial charge is 0.380 e. The van der Waals surface area contributed by atoms with E-state index in [4.69, 9.17) is 4.74 Å². The molecule has 2 aromatic rings. The Hall–Kier alpha value is -2.32. The molecular weight excluding hydrogens is 340 g/mol. The Morgan fingerprint density at radius 1 is 1.12 bits per heavy atom. The van der Waals surface area contributed by atoms with Crippen molar-refractivity contribution < 1.29 is 26.7 Å². The number of carbonyl (C=O) groups is 1. The summed E-state index contributed by atoms with van der Waals surface area (Å²) in [5.41, 5.74) is 0.928. The van der Waals surface area contributed by atoms with Crippen molar-refractivity contribution in [2.24, 2.45) is 0 Å². The molecule has 0 aliphatic carbocycles. The summed E-state index contributed by atoms with van der Waals surface area (Å²) >= 11 is 0. The monoisotopic (exact) mass is 355 g/mol. The molecule has 5 nitrogen and oxygen atoms in total. The molecule has 2 rings (SSSR count). The molecule has 1 amide bonds. The Balaban J connectivity index is 2.27. The summed E-state index contributed by atoms with van der Waals surface area (Å²) in [6.07, 6.45) is 0. The van der Waals surface area contributed by atoms with E-state index in [1.165, 1.54) is 30.3 Å². The lowest BCUT2D eigenvalue weighted by Gasteiger charge is -2.11. The highest BCUT2D eigenvalue weighted by atomic mass is 32.2. The Morgan fingerprint density at radius 3 is 2.33 bits per heavy atom. The van der Waals surface area contributed by atoms with Crippen molar-refractivity contribution in [3.63, 3.8) is 0 Å². The van der Waals surface area contributed by atoms with Gasteiger partial charge in [0, 0.05) is 12.7 Å². The van der Waals surface area contributed by atoms with Gasteiger partial charge in [0.25, 0.3) is 5.91 Å². The zero-order chi connectivity index (χ0) is 17.7. The van der Waals surface area contributed by atoms with Gasteiger partial charge in [-0.2, -0.15) is 8.78 Å². The second kappa shape index (κ2) is 7.50. The molecule has 128 valence electrons. The normalized spacial score (nSPS) is 11.5. The molecule has 0 atom stereocenters. The van der Waals surface area contributed by atoms with Crippen molar-refractivity contribution in [2.45, 2.75) is 17.3 Å². The van der Waals surface area contributed by atoms with Gasteiger partial charge in [0.2, 0.25) is 9.84 Å². The van der Waals surface area contributed by atoms with E-state index in [-0.39, 0.29) is 11.3 Å². The fourth-order valence-electron chi connectivity index (χ4n) is 2.03. The summed E-state index contributed by atoms with van der Waals surface area (Å²) in [4.78, 5) is 11.6. The first-order chi connectivity index (χ1) is 11.4. The molecule has 0 saturated heterocycles. The lowest BCUT2D eigenvalue weighted by molar-refractivity contribution is 0.102. The first-order valence-electron chi connectivity index (χ1n) is 6.86. The average Bonchev–Trinajstić information content (AvgIpc) is 2.56. The Labute approximate surface area is 138 Å². The zero-order valence-corrected chi connectivity index (χ0v) is 13.5. The standard InChI is InChI=1S/C16H15F2NO4S/c1-23-10-11-6-8-12(9-7-11)15(20)19-13-4-2-3-5-14(13)24(21,22)16(17)18/h2-9,16H,10H2,1H3,(H,19,20). The third kappa shape index (κ3) is 3.95. The minimum atomic E-state index is -4.81. The Bertz CT molecular complexity index is 820. The van der Waals surface area contributed by atoms with Crippen LogP contribution in [0.4, 0.5) is 14.5 Å². The van der Waals surface area contributed by atoms with Crippen molar-refractivity contribution in [3.8, 4) is 0 Å². The molecule has 0 bridgehead atoms. The molecular formula is C16H15F2NO4S. The van der Waals surface area contributed by atoms with Gasteiger partial charge in [0.1, 0.15) is 0 Å². The fraction of sp³-hybridized carbons (Fsp3) is 0.188. The van der Waals surface area contributed by atoms with Crippen LogP contribution in [0, 0.1) is 0 Å². The van der Waals surface area contributed by atoms with Crippen LogP contribution in [0.5, 0.6) is 0 Å². The van der Waals surface area contributed by atoms with E-state index in [0.717, 1.165) is 11.6 Å². The number of hydrogen-bond acceptors (Lipinski definition) is 4. The minimum Gasteiger partial charge on any atom is -0.380 e. The van der Waals surface area contributed by atoms with Crippen LogP contribution in [-0.2, 0) is 21.2 Å². The Morgan fingerprint density at radius 2 is 1.75 bits per heavy atom. The minimum absolute atomic E-state index is 0.191. The molecule has 0 aliphatic heterocycles. The van der Waals surface area contributed by atoms with Crippen molar-refractivity contribution in [2.75, 3.05) is 12.4 Å². The van der Waals surface area contributed by atoms with Crippen molar-refractivity contribution in [1.82, 2.24) is 0 Å². The number of halogens is 2. The van der Waals surface area contributed by atoms with Crippen LogP contribution in [0.3, 0.4) is 0 Å². The van der Waals surface area contributed by atoms with Crippen LogP contribution in [0.15, 0.2) is 53.4 Å². The molecule has 24 heavy (non-hydrogen) atoms. The molecule has 0 aliphatic rings. The van der Waals surface area contributed by atoms with E-state index < -0.39 is 26.4 Å².